The minimum atomic E-state index is -1.36. The van der Waals surface area contributed by atoms with Crippen molar-refractivity contribution in [1.82, 2.24) is 4.90 Å². The van der Waals surface area contributed by atoms with Gasteiger partial charge in [0.1, 0.15) is 18.5 Å². The van der Waals surface area contributed by atoms with Gasteiger partial charge in [0.25, 0.3) is 5.91 Å². The SMILES string of the molecule is CC(=O)OC[C@@H]1O[C@@H](Oc2ccc(C(=O)N3CCOCC3)cc2)[C@@H](OC(C)=O)[C@@H](OC(C)=O)[C@H]1OC(C)=O. The molecule has 2 fully saturated rings. The molecule has 0 saturated carbocycles. The van der Waals surface area contributed by atoms with E-state index in [-0.39, 0.29) is 18.3 Å². The average molecular weight is 538 g/mol. The summed E-state index contributed by atoms with van der Waals surface area (Å²) in [6.07, 6.45) is -6.48. The highest BCUT2D eigenvalue weighted by Gasteiger charge is 2.53. The van der Waals surface area contributed by atoms with E-state index in [4.69, 9.17) is 33.2 Å². The van der Waals surface area contributed by atoms with Gasteiger partial charge in [-0.05, 0) is 24.3 Å². The number of carbonyl (C=O) groups excluding carboxylic acids is 5. The summed E-state index contributed by atoms with van der Waals surface area (Å²) in [6, 6.07) is 6.20. The lowest BCUT2D eigenvalue weighted by atomic mass is 9.98. The Bertz CT molecular complexity index is 1020. The van der Waals surface area contributed by atoms with Gasteiger partial charge in [-0.2, -0.15) is 0 Å². The fraction of sp³-hybridized carbons (Fsp3) is 0.560. The van der Waals surface area contributed by atoms with E-state index in [0.29, 0.717) is 31.9 Å². The van der Waals surface area contributed by atoms with Crippen LogP contribution < -0.4 is 4.74 Å². The van der Waals surface area contributed by atoms with Crippen LogP contribution in [0.3, 0.4) is 0 Å². The van der Waals surface area contributed by atoms with Gasteiger partial charge < -0.3 is 38.1 Å². The molecule has 2 heterocycles. The summed E-state index contributed by atoms with van der Waals surface area (Å²) in [4.78, 5) is 61.6. The van der Waals surface area contributed by atoms with E-state index < -0.39 is 54.6 Å². The van der Waals surface area contributed by atoms with Crippen LogP contribution in [0, 0.1) is 0 Å². The monoisotopic (exact) mass is 537 g/mol. The first-order valence-corrected chi connectivity index (χ1v) is 12.0. The first-order valence-electron chi connectivity index (χ1n) is 12.0. The van der Waals surface area contributed by atoms with Crippen molar-refractivity contribution in [3.8, 4) is 5.75 Å². The predicted octanol–water partition coefficient (Wildman–Crippen LogP) is 0.621. The summed E-state index contributed by atoms with van der Waals surface area (Å²) in [7, 11) is 0. The van der Waals surface area contributed by atoms with Crippen LogP contribution in [0.4, 0.5) is 0 Å². The van der Waals surface area contributed by atoms with Crippen LogP contribution in [-0.2, 0) is 47.6 Å². The van der Waals surface area contributed by atoms with Crippen LogP contribution in [0.2, 0.25) is 0 Å². The minimum absolute atomic E-state index is 0.160. The molecule has 13 nitrogen and oxygen atoms in total. The standard InChI is InChI=1S/C25H31NO12/c1-14(27)33-13-20-21(34-15(2)28)22(35-16(3)29)23(36-17(4)30)25(38-20)37-19-7-5-18(6-8-19)24(31)26-9-11-32-12-10-26/h5-8,20-23,25H,9-13H2,1-4H3/t20-,21-,22-,23-,25+/m0/s1. The number of carbonyl (C=O) groups is 5. The lowest BCUT2D eigenvalue weighted by Crippen LogP contribution is -2.63. The molecule has 38 heavy (non-hydrogen) atoms. The fourth-order valence-electron chi connectivity index (χ4n) is 4.04. The fourth-order valence-corrected chi connectivity index (χ4v) is 4.04. The molecule has 5 atom stereocenters. The maximum absolute atomic E-state index is 12.7. The molecular weight excluding hydrogens is 506 g/mol. The molecule has 0 unspecified atom stereocenters. The second-order valence-electron chi connectivity index (χ2n) is 8.61. The molecule has 0 N–H and O–H groups in total. The van der Waals surface area contributed by atoms with Crippen LogP contribution in [0.1, 0.15) is 38.1 Å². The van der Waals surface area contributed by atoms with Gasteiger partial charge in [-0.25, -0.2) is 0 Å². The predicted molar refractivity (Wildman–Crippen MR) is 126 cm³/mol. The zero-order valence-corrected chi connectivity index (χ0v) is 21.6. The number of benzene rings is 1. The van der Waals surface area contributed by atoms with E-state index >= 15 is 0 Å². The number of esters is 4. The van der Waals surface area contributed by atoms with Crippen LogP contribution in [-0.4, -0.2) is 98.3 Å². The highest BCUT2D eigenvalue weighted by Crippen LogP contribution is 2.31. The molecule has 13 heteroatoms. The number of hydrogen-bond acceptors (Lipinski definition) is 12. The molecule has 2 saturated heterocycles. The third-order valence-corrected chi connectivity index (χ3v) is 5.60. The maximum Gasteiger partial charge on any atom is 0.303 e. The third kappa shape index (κ3) is 7.89. The van der Waals surface area contributed by atoms with Crippen molar-refractivity contribution >= 4 is 29.8 Å². The van der Waals surface area contributed by atoms with Crippen molar-refractivity contribution in [2.24, 2.45) is 0 Å². The number of amides is 1. The Hall–Kier alpha value is -3.71. The van der Waals surface area contributed by atoms with Crippen LogP contribution >= 0.6 is 0 Å². The van der Waals surface area contributed by atoms with E-state index in [1.54, 1.807) is 17.0 Å². The van der Waals surface area contributed by atoms with Gasteiger partial charge in [0.2, 0.25) is 12.4 Å². The topological polar surface area (TPSA) is 153 Å². The van der Waals surface area contributed by atoms with Crippen molar-refractivity contribution in [2.75, 3.05) is 32.9 Å². The summed E-state index contributed by atoms with van der Waals surface area (Å²) in [5.41, 5.74) is 0.431. The van der Waals surface area contributed by atoms with Gasteiger partial charge >= 0.3 is 23.9 Å². The van der Waals surface area contributed by atoms with Gasteiger partial charge in [0.15, 0.2) is 12.2 Å². The number of morpholine rings is 1. The second-order valence-corrected chi connectivity index (χ2v) is 8.61. The molecule has 3 rings (SSSR count). The molecule has 2 aliphatic heterocycles. The van der Waals surface area contributed by atoms with Crippen molar-refractivity contribution in [2.45, 2.75) is 58.4 Å². The van der Waals surface area contributed by atoms with E-state index in [0.717, 1.165) is 20.8 Å². The third-order valence-electron chi connectivity index (χ3n) is 5.60. The van der Waals surface area contributed by atoms with E-state index in [2.05, 4.69) is 0 Å². The summed E-state index contributed by atoms with van der Waals surface area (Å²) < 4.78 is 38.3. The average Bonchev–Trinajstić information content (AvgIpc) is 2.86. The number of hydrogen-bond donors (Lipinski definition) is 0. The molecule has 0 bridgehead atoms. The van der Waals surface area contributed by atoms with Gasteiger partial charge in [-0.15, -0.1) is 0 Å². The molecule has 1 aromatic rings. The molecule has 0 spiro atoms. The second kappa shape index (κ2) is 13.2. The van der Waals surface area contributed by atoms with Gasteiger partial charge in [0, 0.05) is 46.3 Å². The number of ether oxygens (including phenoxy) is 7. The van der Waals surface area contributed by atoms with Gasteiger partial charge in [0.05, 0.1) is 13.2 Å². The maximum atomic E-state index is 12.7. The van der Waals surface area contributed by atoms with Crippen molar-refractivity contribution in [3.63, 3.8) is 0 Å². The van der Waals surface area contributed by atoms with Crippen LogP contribution in [0.25, 0.3) is 0 Å². The molecule has 0 aromatic heterocycles. The van der Waals surface area contributed by atoms with Crippen LogP contribution in [0.5, 0.6) is 5.75 Å². The first-order chi connectivity index (χ1) is 18.0. The molecule has 1 aromatic carbocycles. The molecule has 1 amide bonds. The quantitative estimate of drug-likeness (QED) is 0.337. The molecule has 0 radical (unpaired) electrons. The smallest absolute Gasteiger partial charge is 0.303 e. The van der Waals surface area contributed by atoms with Gasteiger partial charge in [-0.3, -0.25) is 24.0 Å². The molecule has 2 aliphatic rings. The van der Waals surface area contributed by atoms with Crippen molar-refractivity contribution < 1.29 is 57.1 Å². The van der Waals surface area contributed by atoms with Crippen LogP contribution in [0.15, 0.2) is 24.3 Å². The zero-order valence-electron chi connectivity index (χ0n) is 21.6. The van der Waals surface area contributed by atoms with Crippen molar-refractivity contribution in [3.05, 3.63) is 29.8 Å². The van der Waals surface area contributed by atoms with E-state index in [1.807, 2.05) is 0 Å². The largest absolute Gasteiger partial charge is 0.463 e. The normalized spacial score (nSPS) is 25.1. The zero-order chi connectivity index (χ0) is 27.8. The molecule has 208 valence electrons. The summed E-state index contributed by atoms with van der Waals surface area (Å²) in [5.74, 6) is -2.76. The lowest BCUT2D eigenvalue weighted by molar-refractivity contribution is -0.288. The number of nitrogens with zero attached hydrogens (tertiary/aromatic N) is 1. The molecular formula is C25H31NO12. The Kier molecular flexibility index (Phi) is 10.0. The Labute approximate surface area is 219 Å². The summed E-state index contributed by atoms with van der Waals surface area (Å²) in [5, 5.41) is 0. The minimum Gasteiger partial charge on any atom is -0.463 e. The van der Waals surface area contributed by atoms with E-state index in [9.17, 15) is 24.0 Å². The Morgan fingerprint density at radius 2 is 1.34 bits per heavy atom. The Balaban J connectivity index is 1.87. The highest BCUT2D eigenvalue weighted by molar-refractivity contribution is 5.94. The molecule has 0 aliphatic carbocycles. The first kappa shape index (κ1) is 28.9. The van der Waals surface area contributed by atoms with Gasteiger partial charge in [-0.1, -0.05) is 0 Å². The highest BCUT2D eigenvalue weighted by atomic mass is 16.7. The van der Waals surface area contributed by atoms with E-state index in [1.165, 1.54) is 19.1 Å². The Morgan fingerprint density at radius 1 is 0.789 bits per heavy atom. The lowest BCUT2D eigenvalue weighted by Gasteiger charge is -2.43. The number of rotatable bonds is 8. The Morgan fingerprint density at radius 3 is 1.89 bits per heavy atom. The summed E-state index contributed by atoms with van der Waals surface area (Å²) >= 11 is 0. The van der Waals surface area contributed by atoms with Crippen molar-refractivity contribution in [1.29, 1.82) is 0 Å². The summed E-state index contributed by atoms with van der Waals surface area (Å²) in [6.45, 7) is 6.13.